The largest absolute Gasteiger partial charge is 0.493 e. The maximum atomic E-state index is 6.45. The third-order valence-electron chi connectivity index (χ3n) is 5.83. The van der Waals surface area contributed by atoms with Crippen molar-refractivity contribution in [2.24, 2.45) is 5.10 Å². The van der Waals surface area contributed by atoms with Gasteiger partial charge >= 0.3 is 0 Å². The van der Waals surface area contributed by atoms with Crippen LogP contribution in [0.1, 0.15) is 35.4 Å². The molecule has 164 valence electrons. The molecule has 2 heterocycles. The maximum Gasteiger partial charge on any atom is 0.214 e. The molecule has 32 heavy (non-hydrogen) atoms. The van der Waals surface area contributed by atoms with Gasteiger partial charge in [-0.05, 0) is 35.9 Å². The van der Waals surface area contributed by atoms with Crippen LogP contribution in [0.4, 0.5) is 0 Å². The molecule has 0 bridgehead atoms. The smallest absolute Gasteiger partial charge is 0.214 e. The van der Waals surface area contributed by atoms with E-state index in [1.54, 1.807) is 21.3 Å². The average molecular weight is 451 g/mol. The lowest BCUT2D eigenvalue weighted by atomic mass is 9.96. The number of hydrogen-bond acceptors (Lipinski definition) is 6. The number of fused-ring (bicyclic) bond motifs is 3. The second-order valence-electron chi connectivity index (χ2n) is 7.62. The Balaban J connectivity index is 1.64. The van der Waals surface area contributed by atoms with Crippen molar-refractivity contribution in [1.29, 1.82) is 0 Å². The van der Waals surface area contributed by atoms with E-state index in [0.717, 1.165) is 34.6 Å². The fourth-order valence-corrected chi connectivity index (χ4v) is 4.51. The number of halogens is 1. The number of ether oxygens (including phenoxy) is 4. The third-order valence-corrected chi connectivity index (χ3v) is 6.07. The minimum Gasteiger partial charge on any atom is -0.493 e. The van der Waals surface area contributed by atoms with Crippen molar-refractivity contribution in [3.05, 3.63) is 82.4 Å². The standard InChI is InChI=1S/C25H23ClN2O4/c1-29-22-11-16(12-23(30-2)24(22)31-3)25-28-20(18-13-17(26)9-10-21(18)32-25)14-19(27-28)15-7-5-4-6-8-15/h4-13,20,25H,14H2,1-3H3/t20-,25+/m0/s1. The molecule has 6 nitrogen and oxygen atoms in total. The molecule has 0 N–H and O–H groups in total. The van der Waals surface area contributed by atoms with Crippen LogP contribution < -0.4 is 18.9 Å². The molecule has 0 fully saturated rings. The third kappa shape index (κ3) is 3.41. The lowest BCUT2D eigenvalue weighted by Crippen LogP contribution is -2.33. The summed E-state index contributed by atoms with van der Waals surface area (Å²) in [5.74, 6) is 2.46. The lowest BCUT2D eigenvalue weighted by Gasteiger charge is -2.38. The Bertz CT molecular complexity index is 1160. The van der Waals surface area contributed by atoms with Gasteiger partial charge in [0.2, 0.25) is 12.0 Å². The molecule has 3 aromatic rings. The molecule has 0 radical (unpaired) electrons. The first-order chi connectivity index (χ1) is 15.6. The van der Waals surface area contributed by atoms with Gasteiger partial charge in [0.05, 0.1) is 33.1 Å². The molecule has 0 spiro atoms. The minimum atomic E-state index is -0.469. The summed E-state index contributed by atoms with van der Waals surface area (Å²) in [5.41, 5.74) is 3.97. The van der Waals surface area contributed by atoms with Crippen molar-refractivity contribution in [2.45, 2.75) is 18.7 Å². The predicted molar refractivity (Wildman–Crippen MR) is 123 cm³/mol. The number of benzene rings is 3. The summed E-state index contributed by atoms with van der Waals surface area (Å²) >= 11 is 6.33. The predicted octanol–water partition coefficient (Wildman–Crippen LogP) is 5.61. The highest BCUT2D eigenvalue weighted by molar-refractivity contribution is 6.30. The summed E-state index contributed by atoms with van der Waals surface area (Å²) in [6.45, 7) is 0. The summed E-state index contributed by atoms with van der Waals surface area (Å²) in [6, 6.07) is 19.7. The van der Waals surface area contributed by atoms with E-state index in [4.69, 9.17) is 35.6 Å². The summed E-state index contributed by atoms with van der Waals surface area (Å²) in [6.07, 6.45) is 0.283. The van der Waals surface area contributed by atoms with Gasteiger partial charge in [0, 0.05) is 22.6 Å². The van der Waals surface area contributed by atoms with E-state index in [1.165, 1.54) is 0 Å². The highest BCUT2D eigenvalue weighted by Gasteiger charge is 2.41. The molecule has 0 amide bonds. The van der Waals surface area contributed by atoms with E-state index in [2.05, 4.69) is 12.1 Å². The van der Waals surface area contributed by atoms with Crippen molar-refractivity contribution in [2.75, 3.05) is 21.3 Å². The molecule has 0 unspecified atom stereocenters. The molecule has 0 aromatic heterocycles. The van der Waals surface area contributed by atoms with Crippen molar-refractivity contribution < 1.29 is 18.9 Å². The molecular formula is C25H23ClN2O4. The van der Waals surface area contributed by atoms with Gasteiger partial charge < -0.3 is 18.9 Å². The Labute approximate surface area is 191 Å². The highest BCUT2D eigenvalue weighted by Crippen LogP contribution is 2.50. The number of methoxy groups -OCH3 is 3. The molecule has 0 aliphatic carbocycles. The van der Waals surface area contributed by atoms with Gasteiger partial charge in [0.1, 0.15) is 5.75 Å². The van der Waals surface area contributed by atoms with Crippen LogP contribution in [0.3, 0.4) is 0 Å². The van der Waals surface area contributed by atoms with Gasteiger partial charge in [-0.25, -0.2) is 5.01 Å². The van der Waals surface area contributed by atoms with Crippen molar-refractivity contribution in [3.8, 4) is 23.0 Å². The highest BCUT2D eigenvalue weighted by atomic mass is 35.5. The summed E-state index contributed by atoms with van der Waals surface area (Å²) in [7, 11) is 4.79. The first-order valence-electron chi connectivity index (χ1n) is 10.3. The Morgan fingerprint density at radius 1 is 0.938 bits per heavy atom. The Morgan fingerprint density at radius 2 is 1.66 bits per heavy atom. The SMILES string of the molecule is COc1cc([C@H]2Oc3ccc(Cl)cc3[C@@H]3CC(c4ccccc4)=NN23)cc(OC)c1OC. The van der Waals surface area contributed by atoms with Crippen LogP contribution in [0.25, 0.3) is 0 Å². The molecule has 2 atom stereocenters. The Hall–Kier alpha value is -3.38. The van der Waals surface area contributed by atoms with Gasteiger partial charge in [-0.2, -0.15) is 5.10 Å². The van der Waals surface area contributed by atoms with Crippen molar-refractivity contribution in [1.82, 2.24) is 5.01 Å². The average Bonchev–Trinajstić information content (AvgIpc) is 3.29. The topological polar surface area (TPSA) is 52.5 Å². The molecule has 5 rings (SSSR count). The monoisotopic (exact) mass is 450 g/mol. The summed E-state index contributed by atoms with van der Waals surface area (Å²) < 4.78 is 23.1. The number of hydrogen-bond donors (Lipinski definition) is 0. The molecular weight excluding hydrogens is 428 g/mol. The molecule has 2 aliphatic heterocycles. The fraction of sp³-hybridized carbons (Fsp3) is 0.240. The van der Waals surface area contributed by atoms with Crippen LogP contribution in [0.2, 0.25) is 5.02 Å². The van der Waals surface area contributed by atoms with E-state index >= 15 is 0 Å². The Kier molecular flexibility index (Phi) is 5.31. The van der Waals surface area contributed by atoms with Crippen molar-refractivity contribution >= 4 is 17.3 Å². The van der Waals surface area contributed by atoms with Gasteiger partial charge in [-0.15, -0.1) is 0 Å². The summed E-state index contributed by atoms with van der Waals surface area (Å²) in [4.78, 5) is 0. The number of hydrazone groups is 1. The normalized spacial score (nSPS) is 18.9. The van der Waals surface area contributed by atoms with Crippen LogP contribution in [0, 0.1) is 0 Å². The molecule has 0 saturated carbocycles. The Morgan fingerprint density at radius 3 is 2.31 bits per heavy atom. The van der Waals surface area contributed by atoms with Gasteiger partial charge in [0.25, 0.3) is 0 Å². The quantitative estimate of drug-likeness (QED) is 0.505. The van der Waals surface area contributed by atoms with E-state index in [-0.39, 0.29) is 6.04 Å². The van der Waals surface area contributed by atoms with Gasteiger partial charge in [0.15, 0.2) is 11.5 Å². The second-order valence-corrected chi connectivity index (χ2v) is 8.06. The summed E-state index contributed by atoms with van der Waals surface area (Å²) in [5, 5.41) is 7.66. The molecule has 7 heteroatoms. The van der Waals surface area contributed by atoms with Crippen LogP contribution in [-0.4, -0.2) is 32.0 Å². The van der Waals surface area contributed by atoms with Crippen LogP contribution in [-0.2, 0) is 0 Å². The molecule has 0 saturated heterocycles. The van der Waals surface area contributed by atoms with E-state index < -0.39 is 6.23 Å². The van der Waals surface area contributed by atoms with Crippen molar-refractivity contribution in [3.63, 3.8) is 0 Å². The zero-order valence-corrected chi connectivity index (χ0v) is 18.8. The zero-order chi connectivity index (χ0) is 22.2. The van der Waals surface area contributed by atoms with Gasteiger partial charge in [-0.1, -0.05) is 41.9 Å². The number of rotatable bonds is 5. The van der Waals surface area contributed by atoms with Gasteiger partial charge in [-0.3, -0.25) is 0 Å². The maximum absolute atomic E-state index is 6.45. The van der Waals surface area contributed by atoms with E-state index in [1.807, 2.05) is 53.5 Å². The second kappa shape index (κ2) is 8.28. The first-order valence-corrected chi connectivity index (χ1v) is 10.7. The first kappa shape index (κ1) is 20.5. The molecule has 3 aromatic carbocycles. The zero-order valence-electron chi connectivity index (χ0n) is 18.0. The minimum absolute atomic E-state index is 0.00301. The van der Waals surface area contributed by atoms with Crippen LogP contribution >= 0.6 is 11.6 Å². The lowest BCUT2D eigenvalue weighted by molar-refractivity contribution is -0.0192. The van der Waals surface area contributed by atoms with E-state index in [9.17, 15) is 0 Å². The van der Waals surface area contributed by atoms with Crippen LogP contribution in [0.15, 0.2) is 65.8 Å². The van der Waals surface area contributed by atoms with E-state index in [0.29, 0.717) is 22.3 Å². The molecule has 2 aliphatic rings. The van der Waals surface area contributed by atoms with Crippen LogP contribution in [0.5, 0.6) is 23.0 Å². The number of nitrogens with zero attached hydrogens (tertiary/aromatic N) is 2. The fourth-order valence-electron chi connectivity index (χ4n) is 4.33.